The van der Waals surface area contributed by atoms with Crippen LogP contribution in [0.4, 0.5) is 0 Å². The van der Waals surface area contributed by atoms with E-state index in [4.69, 9.17) is 9.47 Å². The summed E-state index contributed by atoms with van der Waals surface area (Å²) in [7, 11) is -4.82. The molecule has 0 saturated carbocycles. The molecule has 0 fully saturated rings. The Balaban J connectivity index is 0.0000410. The van der Waals surface area contributed by atoms with Gasteiger partial charge in [0.15, 0.2) is 0 Å². The van der Waals surface area contributed by atoms with Gasteiger partial charge in [-0.05, 0) is 82.4 Å². The number of hydrogen-bond acceptors (Lipinski definition) is 7. The van der Waals surface area contributed by atoms with Crippen molar-refractivity contribution in [2.24, 2.45) is 0 Å². The van der Waals surface area contributed by atoms with Gasteiger partial charge in [-0.15, -0.1) is 0 Å². The Morgan fingerprint density at radius 3 is 0.969 bits per heavy atom. The van der Waals surface area contributed by atoms with Gasteiger partial charge < -0.3 is 14.0 Å². The fourth-order valence-corrected chi connectivity index (χ4v) is 8.83. The van der Waals surface area contributed by atoms with E-state index in [-0.39, 0.29) is 75.7 Å². The maximum absolute atomic E-state index is 13.0. The summed E-state index contributed by atoms with van der Waals surface area (Å²) in [5, 5.41) is 0. The first-order valence-electron chi connectivity index (χ1n) is 27.0. The molecule has 370 valence electrons. The summed E-state index contributed by atoms with van der Waals surface area (Å²) in [5.74, 6) is -1.54. The van der Waals surface area contributed by atoms with E-state index in [0.29, 0.717) is 12.8 Å². The Kier molecular flexibility index (Phi) is 47.6. The maximum atomic E-state index is 13.0. The van der Waals surface area contributed by atoms with Crippen LogP contribution >= 0.6 is 0 Å². The quantitative estimate of drug-likeness (QED) is 0.0210. The van der Waals surface area contributed by atoms with Crippen molar-refractivity contribution in [2.75, 3.05) is 13.2 Å². The van der Waals surface area contributed by atoms with E-state index in [1.807, 2.05) is 0 Å². The van der Waals surface area contributed by atoms with Crippen LogP contribution in [0.1, 0.15) is 291 Å². The maximum Gasteiger partial charge on any atom is 1.00 e. The first-order chi connectivity index (χ1) is 31.3. The standard InChI is InChI=1S/C56H98O7S.K/c1-3-5-7-9-11-13-15-17-19-21-23-25-27-29-31-33-35-37-39-41-43-45-49-62-55(57)53-48-47-52(64(59,60)61)51-54(53)56(58)63-50-46-44-42-40-38-36-34-32-30-28-26-24-22-20-18-16-14-12-10-8-6-4-2;/h11-14,47-48,51H,3-10,15-46,49-50H2,1-2H3,(H,59,60,61);/q;+1/p-1/b13-11+,14-12+;. The molecule has 0 unspecified atom stereocenters. The molecule has 0 aliphatic heterocycles. The Morgan fingerprint density at radius 1 is 0.415 bits per heavy atom. The third kappa shape index (κ3) is 40.8. The van der Waals surface area contributed by atoms with Gasteiger partial charge in [0.1, 0.15) is 10.1 Å². The summed E-state index contributed by atoms with van der Waals surface area (Å²) in [5.41, 5.74) is -0.328. The number of ether oxygens (including phenoxy) is 2. The number of allylic oxidation sites excluding steroid dienone is 4. The number of hydrogen-bond donors (Lipinski definition) is 0. The zero-order valence-electron chi connectivity index (χ0n) is 42.5. The molecule has 0 N–H and O–H groups in total. The van der Waals surface area contributed by atoms with Crippen molar-refractivity contribution in [3.63, 3.8) is 0 Å². The molecule has 0 aromatic heterocycles. The topological polar surface area (TPSA) is 110 Å². The van der Waals surface area contributed by atoms with Crippen LogP contribution in [0, 0.1) is 0 Å². The van der Waals surface area contributed by atoms with Crippen molar-refractivity contribution < 1.29 is 83.4 Å². The normalized spacial score (nSPS) is 11.7. The van der Waals surface area contributed by atoms with Crippen molar-refractivity contribution in [3.8, 4) is 0 Å². The summed E-state index contributed by atoms with van der Waals surface area (Å²) in [4.78, 5) is 25.4. The second kappa shape index (κ2) is 48.2. The predicted molar refractivity (Wildman–Crippen MR) is 269 cm³/mol. The summed E-state index contributed by atoms with van der Waals surface area (Å²) in [6.45, 7) is 4.89. The predicted octanol–water partition coefficient (Wildman–Crippen LogP) is 14.7. The molecule has 0 aliphatic carbocycles. The first kappa shape index (κ1) is 64.2. The third-order valence-corrected chi connectivity index (χ3v) is 13.3. The van der Waals surface area contributed by atoms with Crippen LogP contribution in [0.3, 0.4) is 0 Å². The molecule has 0 atom stereocenters. The Hall–Kier alpha value is -0.814. The molecular weight excluding hydrogens is 856 g/mol. The van der Waals surface area contributed by atoms with Crippen molar-refractivity contribution >= 4 is 22.1 Å². The minimum Gasteiger partial charge on any atom is -0.744 e. The molecule has 0 saturated heterocycles. The Bertz CT molecular complexity index is 1410. The van der Waals surface area contributed by atoms with Gasteiger partial charge in [0, 0.05) is 0 Å². The van der Waals surface area contributed by atoms with Gasteiger partial charge >= 0.3 is 63.3 Å². The second-order valence-electron chi connectivity index (χ2n) is 18.6. The zero-order valence-corrected chi connectivity index (χ0v) is 46.4. The summed E-state index contributed by atoms with van der Waals surface area (Å²) in [6.07, 6.45) is 59.4. The van der Waals surface area contributed by atoms with Crippen LogP contribution in [0.25, 0.3) is 0 Å². The van der Waals surface area contributed by atoms with E-state index in [9.17, 15) is 22.6 Å². The van der Waals surface area contributed by atoms with Crippen molar-refractivity contribution in [1.82, 2.24) is 0 Å². The van der Waals surface area contributed by atoms with Gasteiger partial charge in [0.25, 0.3) is 0 Å². The number of carbonyl (C=O) groups is 2. The van der Waals surface area contributed by atoms with E-state index in [1.165, 1.54) is 218 Å². The molecule has 1 aromatic rings. The molecule has 0 radical (unpaired) electrons. The van der Waals surface area contributed by atoms with Gasteiger partial charge in [-0.2, -0.15) is 0 Å². The molecule has 0 aliphatic rings. The molecule has 1 rings (SSSR count). The van der Waals surface area contributed by atoms with Crippen molar-refractivity contribution in [1.29, 1.82) is 0 Å². The van der Waals surface area contributed by atoms with Crippen LogP contribution in [0.15, 0.2) is 47.4 Å². The Morgan fingerprint density at radius 2 is 0.677 bits per heavy atom. The summed E-state index contributed by atoms with van der Waals surface area (Å²) in [6, 6.07) is 3.17. The molecule has 65 heavy (non-hydrogen) atoms. The monoisotopic (exact) mass is 953 g/mol. The fourth-order valence-electron chi connectivity index (χ4n) is 8.33. The SMILES string of the molecule is CCCCC/C=C/CCCCCCCCCCCCCCCCCOC(=O)c1ccc(S(=O)(=O)[O-])cc1C(=O)OCCCCCCCCCCCCCCCCC/C=C/CCCCC.[K+]. The van der Waals surface area contributed by atoms with Crippen molar-refractivity contribution in [3.05, 3.63) is 53.6 Å². The molecule has 0 bridgehead atoms. The molecule has 7 nitrogen and oxygen atoms in total. The number of rotatable bonds is 47. The van der Waals surface area contributed by atoms with Gasteiger partial charge in [0.05, 0.1) is 29.2 Å². The van der Waals surface area contributed by atoms with E-state index in [2.05, 4.69) is 38.2 Å². The third-order valence-electron chi connectivity index (χ3n) is 12.5. The fraction of sp³-hybridized carbons (Fsp3) is 0.786. The van der Waals surface area contributed by atoms with E-state index in [1.54, 1.807) is 0 Å². The van der Waals surface area contributed by atoms with Crippen LogP contribution in [0.2, 0.25) is 0 Å². The molecular formula is C56H97KO7S. The minimum absolute atomic E-state index is 0. The van der Waals surface area contributed by atoms with Gasteiger partial charge in [-0.25, -0.2) is 18.0 Å². The number of benzene rings is 1. The van der Waals surface area contributed by atoms with Crippen LogP contribution in [-0.2, 0) is 19.6 Å². The molecule has 0 heterocycles. The average Bonchev–Trinajstić information content (AvgIpc) is 3.28. The summed E-state index contributed by atoms with van der Waals surface area (Å²) < 4.78 is 46.0. The van der Waals surface area contributed by atoms with E-state index >= 15 is 0 Å². The molecule has 1 aromatic carbocycles. The zero-order chi connectivity index (χ0) is 46.4. The van der Waals surface area contributed by atoms with Gasteiger partial charge in [-0.3, -0.25) is 0 Å². The minimum atomic E-state index is -4.82. The Labute approximate surface area is 443 Å². The van der Waals surface area contributed by atoms with Crippen LogP contribution in [0.5, 0.6) is 0 Å². The first-order valence-corrected chi connectivity index (χ1v) is 28.5. The van der Waals surface area contributed by atoms with Gasteiger partial charge in [-0.1, -0.05) is 231 Å². The van der Waals surface area contributed by atoms with E-state index < -0.39 is 27.0 Å². The molecule has 9 heteroatoms. The largest absolute Gasteiger partial charge is 1.00 e. The van der Waals surface area contributed by atoms with Crippen LogP contribution < -0.4 is 51.4 Å². The smallest absolute Gasteiger partial charge is 0.744 e. The second-order valence-corrected chi connectivity index (χ2v) is 19.9. The average molecular weight is 954 g/mol. The van der Waals surface area contributed by atoms with Crippen LogP contribution in [-0.4, -0.2) is 38.1 Å². The number of carbonyl (C=O) groups excluding carboxylic acids is 2. The van der Waals surface area contributed by atoms with Crippen molar-refractivity contribution in [2.45, 2.75) is 276 Å². The van der Waals surface area contributed by atoms with E-state index in [0.717, 1.165) is 44.2 Å². The number of unbranched alkanes of at least 4 members (excludes halogenated alkanes) is 36. The number of esters is 2. The molecule has 0 amide bonds. The summed E-state index contributed by atoms with van der Waals surface area (Å²) >= 11 is 0. The molecule has 0 spiro atoms. The van der Waals surface area contributed by atoms with Gasteiger partial charge in [0.2, 0.25) is 0 Å².